The van der Waals surface area contributed by atoms with E-state index < -0.39 is 0 Å². The molecule has 0 saturated carbocycles. The third kappa shape index (κ3) is 10.2. The summed E-state index contributed by atoms with van der Waals surface area (Å²) in [4.78, 5) is 6.38. The van der Waals surface area contributed by atoms with Crippen LogP contribution >= 0.6 is 24.0 Å². The van der Waals surface area contributed by atoms with Gasteiger partial charge in [0.2, 0.25) is 0 Å². The second kappa shape index (κ2) is 16.1. The summed E-state index contributed by atoms with van der Waals surface area (Å²) in [6.07, 6.45) is 2.27. The van der Waals surface area contributed by atoms with Crippen molar-refractivity contribution in [3.8, 4) is 5.75 Å². The van der Waals surface area contributed by atoms with E-state index in [-0.39, 0.29) is 24.0 Å². The van der Waals surface area contributed by atoms with Crippen molar-refractivity contribution < 1.29 is 14.2 Å². The fraction of sp³-hybridized carbons (Fsp3) is 0.632. The van der Waals surface area contributed by atoms with Crippen molar-refractivity contribution in [1.82, 2.24) is 10.2 Å². The fourth-order valence-corrected chi connectivity index (χ4v) is 2.35. The second-order valence-electron chi connectivity index (χ2n) is 5.72. The molecule has 0 aromatic heterocycles. The number of methoxy groups -OCH3 is 1. The van der Waals surface area contributed by atoms with Crippen LogP contribution in [0.25, 0.3) is 0 Å². The average molecular weight is 479 g/mol. The molecule has 0 fully saturated rings. The van der Waals surface area contributed by atoms with Gasteiger partial charge in [-0.15, -0.1) is 24.0 Å². The van der Waals surface area contributed by atoms with E-state index in [9.17, 15) is 0 Å². The quantitative estimate of drug-likeness (QED) is 0.216. The Morgan fingerprint density at radius 2 is 1.81 bits per heavy atom. The highest BCUT2D eigenvalue weighted by Gasteiger charge is 2.09. The molecule has 0 spiro atoms. The zero-order chi connectivity index (χ0) is 18.3. The Hall–Kier alpha value is -1.06. The van der Waals surface area contributed by atoms with E-state index in [0.717, 1.165) is 43.3 Å². The smallest absolute Gasteiger partial charge is 0.193 e. The minimum atomic E-state index is 0. The minimum Gasteiger partial charge on any atom is -0.496 e. The predicted octanol–water partition coefficient (Wildman–Crippen LogP) is 3.15. The van der Waals surface area contributed by atoms with Crippen LogP contribution in [-0.4, -0.2) is 65.0 Å². The van der Waals surface area contributed by atoms with Crippen LogP contribution in [0, 0.1) is 0 Å². The number of ether oxygens (including phenoxy) is 3. The summed E-state index contributed by atoms with van der Waals surface area (Å²) in [5.41, 5.74) is 1.12. The number of unbranched alkanes of at least 4 members (excludes halogenated alkanes) is 1. The monoisotopic (exact) mass is 479 g/mol. The van der Waals surface area contributed by atoms with E-state index in [4.69, 9.17) is 14.2 Å². The van der Waals surface area contributed by atoms with Crippen molar-refractivity contribution in [3.05, 3.63) is 29.8 Å². The Morgan fingerprint density at radius 1 is 1.12 bits per heavy atom. The fourth-order valence-electron chi connectivity index (χ4n) is 2.35. The molecular weight excluding hydrogens is 445 g/mol. The van der Waals surface area contributed by atoms with Gasteiger partial charge in [-0.3, -0.25) is 4.99 Å². The van der Waals surface area contributed by atoms with E-state index in [2.05, 4.69) is 28.2 Å². The standard InChI is InChI=1S/C19H33N3O3.HI/c1-5-6-12-24-14-15-25-13-11-21-19(20-2)22(3)16-17-9-7-8-10-18(17)23-4;/h7-10H,5-6,11-16H2,1-4H3,(H,20,21);1H. The van der Waals surface area contributed by atoms with E-state index in [1.165, 1.54) is 0 Å². The lowest BCUT2D eigenvalue weighted by Gasteiger charge is -2.23. The Labute approximate surface area is 175 Å². The largest absolute Gasteiger partial charge is 0.496 e. The molecule has 0 aliphatic carbocycles. The molecule has 0 saturated heterocycles. The summed E-state index contributed by atoms with van der Waals surface area (Å²) in [6, 6.07) is 8.01. The highest BCUT2D eigenvalue weighted by Crippen LogP contribution is 2.18. The Morgan fingerprint density at radius 3 is 2.46 bits per heavy atom. The molecule has 0 heterocycles. The molecule has 1 aromatic carbocycles. The van der Waals surface area contributed by atoms with Gasteiger partial charge in [0.25, 0.3) is 0 Å². The van der Waals surface area contributed by atoms with Gasteiger partial charge in [0.1, 0.15) is 5.75 Å². The third-order valence-corrected chi connectivity index (χ3v) is 3.72. The summed E-state index contributed by atoms with van der Waals surface area (Å²) in [7, 11) is 5.48. The normalized spacial score (nSPS) is 11.0. The molecule has 0 aliphatic rings. The zero-order valence-electron chi connectivity index (χ0n) is 16.5. The molecule has 0 amide bonds. The maximum Gasteiger partial charge on any atom is 0.193 e. The first-order valence-corrected chi connectivity index (χ1v) is 8.92. The van der Waals surface area contributed by atoms with Crippen molar-refractivity contribution in [2.75, 3.05) is 54.2 Å². The van der Waals surface area contributed by atoms with Gasteiger partial charge in [0.15, 0.2) is 5.96 Å². The van der Waals surface area contributed by atoms with Crippen LogP contribution in [0.5, 0.6) is 5.75 Å². The molecule has 26 heavy (non-hydrogen) atoms. The molecule has 1 aromatic rings. The molecule has 0 unspecified atom stereocenters. The van der Waals surface area contributed by atoms with E-state index in [0.29, 0.717) is 26.4 Å². The zero-order valence-corrected chi connectivity index (χ0v) is 18.8. The maximum absolute atomic E-state index is 5.56. The molecule has 7 heteroatoms. The van der Waals surface area contributed by atoms with Gasteiger partial charge in [-0.25, -0.2) is 0 Å². The molecule has 0 bridgehead atoms. The number of nitrogens with zero attached hydrogens (tertiary/aromatic N) is 2. The Kier molecular flexibility index (Phi) is 15.5. The number of hydrogen-bond donors (Lipinski definition) is 1. The Balaban J connectivity index is 0.00000625. The van der Waals surface area contributed by atoms with Gasteiger partial charge in [0, 0.05) is 39.4 Å². The lowest BCUT2D eigenvalue weighted by Crippen LogP contribution is -2.40. The summed E-state index contributed by atoms with van der Waals surface area (Å²) in [5, 5.41) is 3.31. The molecule has 0 aliphatic heterocycles. The number of benzene rings is 1. The van der Waals surface area contributed by atoms with Crippen LogP contribution in [0.15, 0.2) is 29.3 Å². The number of rotatable bonds is 12. The van der Waals surface area contributed by atoms with Gasteiger partial charge in [-0.05, 0) is 12.5 Å². The number of aliphatic imine (C=N–C) groups is 1. The molecule has 150 valence electrons. The summed E-state index contributed by atoms with van der Waals surface area (Å²) in [5.74, 6) is 1.71. The van der Waals surface area contributed by atoms with E-state index in [1.807, 2.05) is 25.2 Å². The topological polar surface area (TPSA) is 55.3 Å². The first-order valence-electron chi connectivity index (χ1n) is 8.92. The van der Waals surface area contributed by atoms with Crippen molar-refractivity contribution >= 4 is 29.9 Å². The molecule has 6 nitrogen and oxygen atoms in total. The van der Waals surface area contributed by atoms with Crippen LogP contribution in [0.4, 0.5) is 0 Å². The van der Waals surface area contributed by atoms with E-state index in [1.54, 1.807) is 14.2 Å². The number of hydrogen-bond acceptors (Lipinski definition) is 4. The number of nitrogens with one attached hydrogen (secondary N) is 1. The summed E-state index contributed by atoms with van der Waals surface area (Å²) < 4.78 is 16.4. The summed E-state index contributed by atoms with van der Waals surface area (Å²) >= 11 is 0. The first-order chi connectivity index (χ1) is 12.2. The highest BCUT2D eigenvalue weighted by atomic mass is 127. The lowest BCUT2D eigenvalue weighted by atomic mass is 10.2. The first kappa shape index (κ1) is 24.9. The van der Waals surface area contributed by atoms with Crippen LogP contribution in [0.3, 0.4) is 0 Å². The van der Waals surface area contributed by atoms with Crippen molar-refractivity contribution in [3.63, 3.8) is 0 Å². The average Bonchev–Trinajstić information content (AvgIpc) is 2.63. The van der Waals surface area contributed by atoms with Crippen LogP contribution in [-0.2, 0) is 16.0 Å². The maximum atomic E-state index is 5.56. The Bertz CT molecular complexity index is 501. The van der Waals surface area contributed by atoms with Crippen LogP contribution < -0.4 is 10.1 Å². The molecule has 1 rings (SSSR count). The molecule has 1 N–H and O–H groups in total. The second-order valence-corrected chi connectivity index (χ2v) is 5.72. The lowest BCUT2D eigenvalue weighted by molar-refractivity contribution is 0.0486. The van der Waals surface area contributed by atoms with Gasteiger partial charge in [-0.1, -0.05) is 31.5 Å². The van der Waals surface area contributed by atoms with Gasteiger partial charge in [0.05, 0.1) is 26.9 Å². The van der Waals surface area contributed by atoms with Gasteiger partial charge < -0.3 is 24.4 Å². The van der Waals surface area contributed by atoms with Gasteiger partial charge >= 0.3 is 0 Å². The van der Waals surface area contributed by atoms with Crippen molar-refractivity contribution in [2.45, 2.75) is 26.3 Å². The third-order valence-electron chi connectivity index (χ3n) is 3.72. The highest BCUT2D eigenvalue weighted by molar-refractivity contribution is 14.0. The van der Waals surface area contributed by atoms with Crippen molar-refractivity contribution in [2.24, 2.45) is 4.99 Å². The predicted molar refractivity (Wildman–Crippen MR) is 118 cm³/mol. The number of para-hydroxylation sites is 1. The summed E-state index contributed by atoms with van der Waals surface area (Å²) in [6.45, 7) is 6.30. The van der Waals surface area contributed by atoms with Crippen molar-refractivity contribution in [1.29, 1.82) is 0 Å². The number of halogens is 1. The minimum absolute atomic E-state index is 0. The van der Waals surface area contributed by atoms with Gasteiger partial charge in [-0.2, -0.15) is 0 Å². The van der Waals surface area contributed by atoms with Crippen LogP contribution in [0.2, 0.25) is 0 Å². The number of guanidine groups is 1. The molecule has 0 atom stereocenters. The van der Waals surface area contributed by atoms with Crippen LogP contribution in [0.1, 0.15) is 25.3 Å². The van der Waals surface area contributed by atoms with E-state index >= 15 is 0 Å². The molecule has 0 radical (unpaired) electrons. The molecular formula is C19H34IN3O3. The SMILES string of the molecule is CCCCOCCOCCNC(=NC)N(C)Cc1ccccc1OC.I.